The van der Waals surface area contributed by atoms with Gasteiger partial charge in [0.25, 0.3) is 0 Å². The maximum atomic E-state index is 12.7. The molecular weight excluding hydrogens is 340 g/mol. The summed E-state index contributed by atoms with van der Waals surface area (Å²) in [4.78, 5) is 28.5. The summed E-state index contributed by atoms with van der Waals surface area (Å²) in [6.07, 6.45) is 5.08. The molecule has 0 atom stereocenters. The third-order valence-electron chi connectivity index (χ3n) is 4.65. The minimum Gasteiger partial charge on any atom is -0.444 e. The van der Waals surface area contributed by atoms with Crippen molar-refractivity contribution in [2.24, 2.45) is 5.41 Å². The Balaban J connectivity index is 2.76. The molecular formula is C22H38N2O3. The van der Waals surface area contributed by atoms with Gasteiger partial charge in [-0.15, -0.1) is 0 Å². The van der Waals surface area contributed by atoms with Gasteiger partial charge in [0.05, 0.1) is 0 Å². The van der Waals surface area contributed by atoms with Gasteiger partial charge >= 0.3 is 6.09 Å². The van der Waals surface area contributed by atoms with E-state index in [0.717, 1.165) is 12.8 Å². The number of allylic oxidation sites excluding steroid dienone is 3. The van der Waals surface area contributed by atoms with Gasteiger partial charge in [0.1, 0.15) is 5.60 Å². The molecule has 1 saturated heterocycles. The van der Waals surface area contributed by atoms with Crippen LogP contribution in [0, 0.1) is 5.41 Å². The average molecular weight is 379 g/mol. The molecule has 0 aromatic rings. The first kappa shape index (κ1) is 23.3. The molecule has 1 aliphatic heterocycles. The second-order valence-electron chi connectivity index (χ2n) is 9.28. The molecule has 0 aliphatic carbocycles. The predicted octanol–water partition coefficient (Wildman–Crippen LogP) is 4.78. The van der Waals surface area contributed by atoms with Crippen LogP contribution in [0.4, 0.5) is 4.79 Å². The van der Waals surface area contributed by atoms with Gasteiger partial charge in [-0.1, -0.05) is 39.3 Å². The Morgan fingerprint density at radius 3 is 2.00 bits per heavy atom. The standard InChI is InChI=1S/C22H38N2O3/c1-9-17(2)18(21(3,4)5)11-12-19(25)23-13-10-14-24(16-15-23)20(26)27-22(6,7)8/h11-12H,9-10,13-16H2,1-8H3/b12-11+,18-17-. The van der Waals surface area contributed by atoms with Crippen molar-refractivity contribution in [1.82, 2.24) is 9.80 Å². The highest BCUT2D eigenvalue weighted by Gasteiger charge is 2.25. The first-order chi connectivity index (χ1) is 12.3. The van der Waals surface area contributed by atoms with Crippen molar-refractivity contribution in [1.29, 1.82) is 0 Å². The third-order valence-corrected chi connectivity index (χ3v) is 4.65. The first-order valence-electron chi connectivity index (χ1n) is 10.00. The minimum atomic E-state index is -0.505. The minimum absolute atomic E-state index is 0.00315. The molecule has 2 amide bonds. The Kier molecular flexibility index (Phi) is 8.12. The summed E-state index contributed by atoms with van der Waals surface area (Å²) < 4.78 is 5.45. The summed E-state index contributed by atoms with van der Waals surface area (Å²) in [5.74, 6) is 0.00620. The zero-order valence-corrected chi connectivity index (χ0v) is 18.5. The monoisotopic (exact) mass is 378 g/mol. The van der Waals surface area contributed by atoms with Crippen molar-refractivity contribution in [3.63, 3.8) is 0 Å². The molecule has 0 unspecified atom stereocenters. The lowest BCUT2D eigenvalue weighted by Gasteiger charge is -2.26. The zero-order valence-electron chi connectivity index (χ0n) is 18.5. The smallest absolute Gasteiger partial charge is 0.410 e. The third kappa shape index (κ3) is 7.77. The number of hydrogen-bond donors (Lipinski definition) is 0. The van der Waals surface area contributed by atoms with E-state index in [9.17, 15) is 9.59 Å². The molecule has 0 aromatic heterocycles. The van der Waals surface area contributed by atoms with E-state index in [1.807, 2.05) is 31.7 Å². The van der Waals surface area contributed by atoms with Gasteiger partial charge in [-0.2, -0.15) is 0 Å². The molecule has 0 radical (unpaired) electrons. The molecule has 1 aliphatic rings. The van der Waals surface area contributed by atoms with Crippen LogP contribution in [0.15, 0.2) is 23.3 Å². The predicted molar refractivity (Wildman–Crippen MR) is 111 cm³/mol. The molecule has 5 heteroatoms. The van der Waals surface area contributed by atoms with Crippen LogP contribution in [-0.2, 0) is 9.53 Å². The molecule has 5 nitrogen and oxygen atoms in total. The molecule has 0 spiro atoms. The quantitative estimate of drug-likeness (QED) is 0.524. The van der Waals surface area contributed by atoms with Gasteiger partial charge in [-0.3, -0.25) is 4.79 Å². The highest BCUT2D eigenvalue weighted by Crippen LogP contribution is 2.30. The number of carbonyl (C=O) groups is 2. The van der Waals surface area contributed by atoms with E-state index < -0.39 is 5.60 Å². The lowest BCUT2D eigenvalue weighted by Crippen LogP contribution is -2.39. The summed E-state index contributed by atoms with van der Waals surface area (Å²) in [7, 11) is 0. The number of ether oxygens (including phenoxy) is 1. The Morgan fingerprint density at radius 2 is 1.48 bits per heavy atom. The Morgan fingerprint density at radius 1 is 0.926 bits per heavy atom. The SMILES string of the molecule is CC/C(C)=C(/C=C/C(=O)N1CCCN(C(=O)OC(C)(C)C)CC1)C(C)(C)C. The lowest BCUT2D eigenvalue weighted by molar-refractivity contribution is -0.125. The van der Waals surface area contributed by atoms with E-state index in [-0.39, 0.29) is 17.4 Å². The lowest BCUT2D eigenvalue weighted by atomic mass is 9.82. The molecule has 0 saturated carbocycles. The van der Waals surface area contributed by atoms with Gasteiger partial charge in [0.15, 0.2) is 0 Å². The van der Waals surface area contributed by atoms with Crippen LogP contribution in [0.5, 0.6) is 0 Å². The van der Waals surface area contributed by atoms with Crippen LogP contribution >= 0.6 is 0 Å². The van der Waals surface area contributed by atoms with E-state index in [4.69, 9.17) is 4.74 Å². The first-order valence-corrected chi connectivity index (χ1v) is 10.00. The largest absolute Gasteiger partial charge is 0.444 e. The highest BCUT2D eigenvalue weighted by molar-refractivity contribution is 5.88. The van der Waals surface area contributed by atoms with E-state index in [2.05, 4.69) is 34.6 Å². The molecule has 0 N–H and O–H groups in total. The maximum Gasteiger partial charge on any atom is 0.410 e. The van der Waals surface area contributed by atoms with Gasteiger partial charge < -0.3 is 14.5 Å². The molecule has 0 aromatic carbocycles. The van der Waals surface area contributed by atoms with Crippen LogP contribution in [-0.4, -0.2) is 53.6 Å². The van der Waals surface area contributed by atoms with Crippen molar-refractivity contribution in [3.8, 4) is 0 Å². The van der Waals surface area contributed by atoms with Crippen molar-refractivity contribution < 1.29 is 14.3 Å². The summed E-state index contributed by atoms with van der Waals surface area (Å²) in [5.41, 5.74) is 2.01. The van der Waals surface area contributed by atoms with Gasteiger partial charge in [0, 0.05) is 32.3 Å². The fourth-order valence-electron chi connectivity index (χ4n) is 3.13. The maximum absolute atomic E-state index is 12.7. The molecule has 154 valence electrons. The topological polar surface area (TPSA) is 49.9 Å². The number of nitrogens with zero attached hydrogens (tertiary/aromatic N) is 2. The van der Waals surface area contributed by atoms with E-state index in [1.54, 1.807) is 11.0 Å². The van der Waals surface area contributed by atoms with Gasteiger partial charge in [-0.25, -0.2) is 4.79 Å². The normalized spacial score (nSPS) is 17.6. The highest BCUT2D eigenvalue weighted by atomic mass is 16.6. The van der Waals surface area contributed by atoms with Crippen molar-refractivity contribution in [2.45, 2.75) is 73.8 Å². The number of hydrogen-bond acceptors (Lipinski definition) is 3. The fraction of sp³-hybridized carbons (Fsp3) is 0.727. The Labute approximate surface area is 165 Å². The zero-order chi connectivity index (χ0) is 20.8. The number of rotatable bonds is 3. The summed E-state index contributed by atoms with van der Waals surface area (Å²) in [6, 6.07) is 0. The molecule has 1 heterocycles. The van der Waals surface area contributed by atoms with Crippen LogP contribution in [0.2, 0.25) is 0 Å². The van der Waals surface area contributed by atoms with Crippen LogP contribution in [0.1, 0.15) is 68.2 Å². The molecule has 27 heavy (non-hydrogen) atoms. The van der Waals surface area contributed by atoms with Crippen LogP contribution in [0.3, 0.4) is 0 Å². The van der Waals surface area contributed by atoms with Crippen LogP contribution in [0.25, 0.3) is 0 Å². The van der Waals surface area contributed by atoms with E-state index in [1.165, 1.54) is 11.1 Å². The van der Waals surface area contributed by atoms with Crippen molar-refractivity contribution in [3.05, 3.63) is 23.3 Å². The number of amides is 2. The fourth-order valence-corrected chi connectivity index (χ4v) is 3.13. The van der Waals surface area contributed by atoms with Gasteiger partial charge in [-0.05, 0) is 51.5 Å². The van der Waals surface area contributed by atoms with Crippen LogP contribution < -0.4 is 0 Å². The second-order valence-corrected chi connectivity index (χ2v) is 9.28. The molecule has 0 bridgehead atoms. The summed E-state index contributed by atoms with van der Waals surface area (Å²) in [5, 5.41) is 0. The summed E-state index contributed by atoms with van der Waals surface area (Å²) >= 11 is 0. The molecule has 1 fully saturated rings. The van der Waals surface area contributed by atoms with Crippen molar-refractivity contribution in [2.75, 3.05) is 26.2 Å². The van der Waals surface area contributed by atoms with E-state index in [0.29, 0.717) is 26.2 Å². The second kappa shape index (κ2) is 9.43. The van der Waals surface area contributed by atoms with E-state index >= 15 is 0 Å². The Bertz CT molecular complexity index is 592. The summed E-state index contributed by atoms with van der Waals surface area (Å²) in [6.45, 7) is 18.7. The van der Waals surface area contributed by atoms with Gasteiger partial charge in [0.2, 0.25) is 5.91 Å². The number of carbonyl (C=O) groups excluding carboxylic acids is 2. The average Bonchev–Trinajstić information content (AvgIpc) is 2.77. The van der Waals surface area contributed by atoms with Crippen molar-refractivity contribution >= 4 is 12.0 Å². The molecule has 1 rings (SSSR count). The Hall–Kier alpha value is -1.78.